The molecule has 156 valence electrons. The number of nitrogens with zero attached hydrogens (tertiary/aromatic N) is 2. The van der Waals surface area contributed by atoms with Crippen molar-refractivity contribution in [1.82, 2.24) is 15.5 Å². The van der Waals surface area contributed by atoms with Gasteiger partial charge in [0.25, 0.3) is 5.91 Å². The predicted molar refractivity (Wildman–Crippen MR) is 119 cm³/mol. The van der Waals surface area contributed by atoms with Crippen LogP contribution < -0.4 is 15.4 Å². The second-order valence-electron chi connectivity index (χ2n) is 7.04. The zero-order chi connectivity index (χ0) is 21.1. The third kappa shape index (κ3) is 7.49. The molecule has 0 aromatic heterocycles. The molecule has 0 atom stereocenters. The fourth-order valence-electron chi connectivity index (χ4n) is 2.84. The fourth-order valence-corrected chi connectivity index (χ4v) is 2.84. The van der Waals surface area contributed by atoms with E-state index >= 15 is 0 Å². The summed E-state index contributed by atoms with van der Waals surface area (Å²) in [5.41, 5.74) is 2.98. The Kier molecular flexibility index (Phi) is 9.02. The number of rotatable bonds is 9. The summed E-state index contributed by atoms with van der Waals surface area (Å²) in [4.78, 5) is 17.9. The lowest BCUT2D eigenvalue weighted by Crippen LogP contribution is -2.39. The highest BCUT2D eigenvalue weighted by atomic mass is 16.5. The summed E-state index contributed by atoms with van der Waals surface area (Å²) >= 11 is 0. The van der Waals surface area contributed by atoms with E-state index in [1.54, 1.807) is 26.0 Å². The zero-order valence-corrected chi connectivity index (χ0v) is 17.9. The maximum absolute atomic E-state index is 12.1. The van der Waals surface area contributed by atoms with Gasteiger partial charge in [-0.1, -0.05) is 30.3 Å². The van der Waals surface area contributed by atoms with Crippen LogP contribution >= 0.6 is 0 Å². The van der Waals surface area contributed by atoms with E-state index in [4.69, 9.17) is 4.74 Å². The first-order chi connectivity index (χ1) is 14.0. The quantitative estimate of drug-likeness (QED) is 0.389. The minimum absolute atomic E-state index is 0.0187. The molecule has 29 heavy (non-hydrogen) atoms. The van der Waals surface area contributed by atoms with Crippen LogP contribution in [0.4, 0.5) is 0 Å². The van der Waals surface area contributed by atoms with E-state index in [1.165, 1.54) is 0 Å². The monoisotopic (exact) mass is 396 g/mol. The van der Waals surface area contributed by atoms with Crippen LogP contribution in [0, 0.1) is 6.92 Å². The van der Waals surface area contributed by atoms with Crippen molar-refractivity contribution in [3.63, 3.8) is 0 Å². The molecule has 2 aromatic rings. The maximum atomic E-state index is 12.1. The molecule has 0 spiro atoms. The van der Waals surface area contributed by atoms with Crippen molar-refractivity contribution in [1.29, 1.82) is 0 Å². The van der Waals surface area contributed by atoms with Crippen molar-refractivity contribution in [2.24, 2.45) is 4.99 Å². The molecular weight excluding hydrogens is 364 g/mol. The molecular formula is C23H32N4O2. The third-order valence-corrected chi connectivity index (χ3v) is 4.47. The van der Waals surface area contributed by atoms with E-state index in [1.807, 2.05) is 55.5 Å². The van der Waals surface area contributed by atoms with Gasteiger partial charge in [0, 0.05) is 39.8 Å². The highest BCUT2D eigenvalue weighted by molar-refractivity contribution is 5.94. The van der Waals surface area contributed by atoms with E-state index in [0.29, 0.717) is 12.2 Å². The van der Waals surface area contributed by atoms with Crippen molar-refractivity contribution in [2.45, 2.75) is 19.8 Å². The molecule has 1 amide bonds. The molecule has 0 saturated carbocycles. The molecule has 6 nitrogen and oxygen atoms in total. The van der Waals surface area contributed by atoms with Gasteiger partial charge in [-0.25, -0.2) is 0 Å². The lowest BCUT2D eigenvalue weighted by molar-refractivity contribution is 0.0827. The van der Waals surface area contributed by atoms with E-state index in [0.717, 1.165) is 48.8 Å². The molecule has 6 heteroatoms. The normalized spacial score (nSPS) is 11.1. The Bertz CT molecular complexity index is 818. The van der Waals surface area contributed by atoms with Crippen molar-refractivity contribution >= 4 is 11.9 Å². The van der Waals surface area contributed by atoms with Crippen LogP contribution in [0.25, 0.3) is 0 Å². The average molecular weight is 397 g/mol. The number of hydrogen-bond donors (Lipinski definition) is 2. The van der Waals surface area contributed by atoms with E-state index < -0.39 is 0 Å². The smallest absolute Gasteiger partial charge is 0.253 e. The van der Waals surface area contributed by atoms with Crippen LogP contribution in [0.1, 0.15) is 27.9 Å². The molecule has 0 bridgehead atoms. The second-order valence-corrected chi connectivity index (χ2v) is 7.04. The van der Waals surface area contributed by atoms with Crippen molar-refractivity contribution in [2.75, 3.05) is 40.8 Å². The molecule has 2 aromatic carbocycles. The first kappa shape index (κ1) is 22.3. The second kappa shape index (κ2) is 11.7. The fraction of sp³-hybridized carbons (Fsp3) is 0.391. The summed E-state index contributed by atoms with van der Waals surface area (Å²) in [5, 5.41) is 6.61. The SMILES string of the molecule is CN=C(NCCCOc1ccccc1C)NCCc1cccc(C(=O)N(C)C)c1. The summed E-state index contributed by atoms with van der Waals surface area (Å²) < 4.78 is 5.81. The summed E-state index contributed by atoms with van der Waals surface area (Å²) in [6.45, 7) is 4.21. The zero-order valence-electron chi connectivity index (χ0n) is 17.9. The first-order valence-corrected chi connectivity index (χ1v) is 9.95. The van der Waals surface area contributed by atoms with E-state index in [9.17, 15) is 4.79 Å². The molecule has 0 aliphatic heterocycles. The summed E-state index contributed by atoms with van der Waals surface area (Å²) in [6.07, 6.45) is 1.69. The van der Waals surface area contributed by atoms with Crippen LogP contribution in [0.2, 0.25) is 0 Å². The van der Waals surface area contributed by atoms with Crippen LogP contribution in [0.15, 0.2) is 53.5 Å². The van der Waals surface area contributed by atoms with Gasteiger partial charge in [0.15, 0.2) is 5.96 Å². The van der Waals surface area contributed by atoms with Crippen LogP contribution in [-0.4, -0.2) is 57.6 Å². The van der Waals surface area contributed by atoms with Gasteiger partial charge in [0.2, 0.25) is 0 Å². The number of aryl methyl sites for hydroxylation is 1. The highest BCUT2D eigenvalue weighted by Crippen LogP contribution is 2.16. The number of para-hydroxylation sites is 1. The molecule has 0 saturated heterocycles. The summed E-state index contributed by atoms with van der Waals surface area (Å²) in [6, 6.07) is 15.8. The Morgan fingerprint density at radius 3 is 2.55 bits per heavy atom. The Labute approximate surface area is 174 Å². The minimum Gasteiger partial charge on any atom is -0.493 e. The molecule has 0 fully saturated rings. The Morgan fingerprint density at radius 1 is 1.07 bits per heavy atom. The number of carbonyl (C=O) groups excluding carboxylic acids is 1. The van der Waals surface area contributed by atoms with Crippen molar-refractivity contribution < 1.29 is 9.53 Å². The Hall–Kier alpha value is -3.02. The van der Waals surface area contributed by atoms with Gasteiger partial charge in [0.05, 0.1) is 6.61 Å². The predicted octanol–water partition coefficient (Wildman–Crippen LogP) is 2.87. The average Bonchev–Trinajstić information content (AvgIpc) is 2.73. The van der Waals surface area contributed by atoms with Gasteiger partial charge >= 0.3 is 0 Å². The molecule has 2 N–H and O–H groups in total. The molecule has 0 aliphatic carbocycles. The van der Waals surface area contributed by atoms with Crippen LogP contribution in [-0.2, 0) is 6.42 Å². The topological polar surface area (TPSA) is 66.0 Å². The first-order valence-electron chi connectivity index (χ1n) is 9.95. The number of guanidine groups is 1. The summed E-state index contributed by atoms with van der Waals surface area (Å²) in [7, 11) is 5.28. The van der Waals surface area contributed by atoms with Gasteiger partial charge in [-0.05, 0) is 49.1 Å². The molecule has 0 aliphatic rings. The van der Waals surface area contributed by atoms with Gasteiger partial charge in [-0.3, -0.25) is 9.79 Å². The Morgan fingerprint density at radius 2 is 1.83 bits per heavy atom. The largest absolute Gasteiger partial charge is 0.493 e. The molecule has 0 unspecified atom stereocenters. The lowest BCUT2D eigenvalue weighted by Gasteiger charge is -2.13. The van der Waals surface area contributed by atoms with Gasteiger partial charge in [0.1, 0.15) is 5.75 Å². The maximum Gasteiger partial charge on any atom is 0.253 e. The number of benzene rings is 2. The standard InChI is InChI=1S/C23H32N4O2/c1-18-9-5-6-12-21(18)29-16-8-14-25-23(24-2)26-15-13-19-10-7-11-20(17-19)22(28)27(3)4/h5-7,9-12,17H,8,13-16H2,1-4H3,(H2,24,25,26). The summed E-state index contributed by atoms with van der Waals surface area (Å²) in [5.74, 6) is 1.72. The Balaban J connectivity index is 1.68. The highest BCUT2D eigenvalue weighted by Gasteiger charge is 2.08. The van der Waals surface area contributed by atoms with Gasteiger partial charge < -0.3 is 20.3 Å². The number of hydrogen-bond acceptors (Lipinski definition) is 3. The van der Waals surface area contributed by atoms with Crippen LogP contribution in [0.5, 0.6) is 5.75 Å². The number of aliphatic imine (C=N–C) groups is 1. The number of amides is 1. The van der Waals surface area contributed by atoms with E-state index in [-0.39, 0.29) is 5.91 Å². The van der Waals surface area contributed by atoms with Gasteiger partial charge in [-0.15, -0.1) is 0 Å². The number of nitrogens with one attached hydrogen (secondary N) is 2. The number of ether oxygens (including phenoxy) is 1. The third-order valence-electron chi connectivity index (χ3n) is 4.47. The minimum atomic E-state index is 0.0187. The number of carbonyl (C=O) groups is 1. The van der Waals surface area contributed by atoms with Crippen LogP contribution in [0.3, 0.4) is 0 Å². The molecule has 0 radical (unpaired) electrons. The molecule has 2 rings (SSSR count). The van der Waals surface area contributed by atoms with Crippen molar-refractivity contribution in [3.05, 3.63) is 65.2 Å². The van der Waals surface area contributed by atoms with Gasteiger partial charge in [-0.2, -0.15) is 0 Å². The molecule has 0 heterocycles. The lowest BCUT2D eigenvalue weighted by atomic mass is 10.1. The van der Waals surface area contributed by atoms with Crippen molar-refractivity contribution in [3.8, 4) is 5.75 Å². The van der Waals surface area contributed by atoms with E-state index in [2.05, 4.69) is 15.6 Å².